The first-order valence-corrected chi connectivity index (χ1v) is 11.3. The minimum Gasteiger partial charge on any atom is -0.325 e. The predicted molar refractivity (Wildman–Crippen MR) is 104 cm³/mol. The van der Waals surface area contributed by atoms with Gasteiger partial charge in [-0.3, -0.25) is 4.79 Å². The molecule has 3 rings (SSSR count). The van der Waals surface area contributed by atoms with Crippen LogP contribution in [0.2, 0.25) is 0 Å². The number of sulfone groups is 1. The highest BCUT2D eigenvalue weighted by Gasteiger charge is 2.48. The minimum absolute atomic E-state index is 0.311. The second-order valence-electron chi connectivity index (χ2n) is 7.47. The molecule has 26 heavy (non-hydrogen) atoms. The summed E-state index contributed by atoms with van der Waals surface area (Å²) >= 11 is 0. The van der Waals surface area contributed by atoms with Gasteiger partial charge in [0, 0.05) is 18.5 Å². The van der Waals surface area contributed by atoms with Crippen LogP contribution in [0.3, 0.4) is 0 Å². The number of rotatable bonds is 6. The van der Waals surface area contributed by atoms with E-state index in [0.717, 1.165) is 13.0 Å². The summed E-state index contributed by atoms with van der Waals surface area (Å²) in [6.45, 7) is 4.52. The number of carbonyl (C=O) groups excluding carboxylic acids is 1. The Labute approximate surface area is 156 Å². The maximum Gasteiger partial charge on any atom is 0.245 e. The second kappa shape index (κ2) is 8.06. The highest BCUT2D eigenvalue weighted by Crippen LogP contribution is 2.29. The minimum atomic E-state index is -3.49. The first-order valence-electron chi connectivity index (χ1n) is 9.44. The Morgan fingerprint density at radius 1 is 1.15 bits per heavy atom. The largest absolute Gasteiger partial charge is 0.325 e. The van der Waals surface area contributed by atoms with Crippen LogP contribution in [0.25, 0.3) is 0 Å². The van der Waals surface area contributed by atoms with E-state index in [-0.39, 0.29) is 0 Å². The molecule has 0 spiro atoms. The number of likely N-dealkylation sites (tertiary alicyclic amines) is 1. The van der Waals surface area contributed by atoms with Gasteiger partial charge < -0.3 is 15.5 Å². The summed E-state index contributed by atoms with van der Waals surface area (Å²) in [5, 5.41) is 5.95. The summed E-state index contributed by atoms with van der Waals surface area (Å²) < 4.78 is 23.3. The monoisotopic (exact) mass is 379 g/mol. The molecule has 0 aliphatic carbocycles. The quantitative estimate of drug-likeness (QED) is 0.782. The van der Waals surface area contributed by atoms with Gasteiger partial charge in [-0.25, -0.2) is 8.42 Å². The summed E-state index contributed by atoms with van der Waals surface area (Å²) in [5.74, 6) is -0.411. The van der Waals surface area contributed by atoms with Crippen molar-refractivity contribution in [2.45, 2.75) is 36.9 Å². The van der Waals surface area contributed by atoms with Crippen molar-refractivity contribution in [3.05, 3.63) is 29.8 Å². The Morgan fingerprint density at radius 3 is 2.35 bits per heavy atom. The van der Waals surface area contributed by atoms with Crippen LogP contribution >= 0.6 is 0 Å². The third-order valence-corrected chi connectivity index (χ3v) is 7.68. The summed E-state index contributed by atoms with van der Waals surface area (Å²) in [4.78, 5) is 15.3. The maximum atomic E-state index is 12.8. The zero-order valence-corrected chi connectivity index (χ0v) is 16.3. The van der Waals surface area contributed by atoms with E-state index in [1.165, 1.54) is 37.8 Å². The maximum absolute atomic E-state index is 12.8. The molecule has 1 amide bonds. The number of hydrogen-bond donors (Lipinski definition) is 2. The smallest absolute Gasteiger partial charge is 0.245 e. The Bertz CT molecular complexity index is 719. The summed E-state index contributed by atoms with van der Waals surface area (Å²) in [7, 11) is -3.49. The molecule has 0 aromatic heterocycles. The normalized spacial score (nSPS) is 20.8. The Hall–Kier alpha value is -1.44. The summed E-state index contributed by atoms with van der Waals surface area (Å²) in [6.07, 6.45) is 5.37. The number of carbonyl (C=O) groups is 1. The molecule has 2 N–H and O–H groups in total. The van der Waals surface area contributed by atoms with Crippen molar-refractivity contribution in [2.24, 2.45) is 0 Å². The molecular weight excluding hydrogens is 350 g/mol. The van der Waals surface area contributed by atoms with E-state index in [9.17, 15) is 13.2 Å². The number of amides is 1. The van der Waals surface area contributed by atoms with Crippen molar-refractivity contribution in [1.82, 2.24) is 10.2 Å². The highest BCUT2D eigenvalue weighted by atomic mass is 32.2. The SMILES string of the molecule is CS(=O)(=O)C1(C(=O)Nc2ccc(CCN3CCCC3)cc2)CCNCC1. The summed E-state index contributed by atoms with van der Waals surface area (Å²) in [6, 6.07) is 7.77. The lowest BCUT2D eigenvalue weighted by molar-refractivity contribution is -0.119. The van der Waals surface area contributed by atoms with Crippen LogP contribution in [0.4, 0.5) is 5.69 Å². The zero-order valence-electron chi connectivity index (χ0n) is 15.5. The second-order valence-corrected chi connectivity index (χ2v) is 9.79. The number of piperidine rings is 1. The lowest BCUT2D eigenvalue weighted by Gasteiger charge is -2.34. The number of nitrogens with one attached hydrogen (secondary N) is 2. The van der Waals surface area contributed by atoms with E-state index in [2.05, 4.69) is 15.5 Å². The molecule has 0 unspecified atom stereocenters. The van der Waals surface area contributed by atoms with Gasteiger partial charge in [0.25, 0.3) is 0 Å². The van der Waals surface area contributed by atoms with Crippen LogP contribution in [-0.2, 0) is 21.1 Å². The molecule has 2 aliphatic heterocycles. The molecule has 7 heteroatoms. The number of hydrogen-bond acceptors (Lipinski definition) is 5. The molecule has 2 saturated heterocycles. The molecule has 144 valence electrons. The molecule has 0 atom stereocenters. The van der Waals surface area contributed by atoms with Crippen LogP contribution in [0.15, 0.2) is 24.3 Å². The third-order valence-electron chi connectivity index (χ3n) is 5.66. The topological polar surface area (TPSA) is 78.5 Å². The fraction of sp³-hybridized carbons (Fsp3) is 0.632. The Morgan fingerprint density at radius 2 is 1.77 bits per heavy atom. The average Bonchev–Trinajstić information content (AvgIpc) is 3.14. The average molecular weight is 380 g/mol. The van der Waals surface area contributed by atoms with Crippen molar-refractivity contribution >= 4 is 21.4 Å². The molecule has 2 fully saturated rings. The van der Waals surface area contributed by atoms with Crippen molar-refractivity contribution in [3.63, 3.8) is 0 Å². The molecule has 1 aromatic rings. The Balaban J connectivity index is 1.63. The van der Waals surface area contributed by atoms with E-state index >= 15 is 0 Å². The summed E-state index contributed by atoms with van der Waals surface area (Å²) in [5.41, 5.74) is 1.89. The Kier molecular flexibility index (Phi) is 5.99. The van der Waals surface area contributed by atoms with Crippen molar-refractivity contribution < 1.29 is 13.2 Å². The number of anilines is 1. The van der Waals surface area contributed by atoms with Crippen LogP contribution in [-0.4, -0.2) is 63.0 Å². The highest BCUT2D eigenvalue weighted by molar-refractivity contribution is 7.92. The fourth-order valence-corrected chi connectivity index (χ4v) is 5.22. The van der Waals surface area contributed by atoms with Gasteiger partial charge >= 0.3 is 0 Å². The third kappa shape index (κ3) is 4.27. The van der Waals surface area contributed by atoms with E-state index < -0.39 is 20.5 Å². The molecule has 0 bridgehead atoms. The molecule has 2 aliphatic rings. The van der Waals surface area contributed by atoms with Crippen LogP contribution in [0.1, 0.15) is 31.2 Å². The van der Waals surface area contributed by atoms with Crippen molar-refractivity contribution in [1.29, 1.82) is 0 Å². The first-order chi connectivity index (χ1) is 12.4. The molecule has 2 heterocycles. The number of nitrogens with zero attached hydrogens (tertiary/aromatic N) is 1. The van der Waals surface area contributed by atoms with E-state index in [0.29, 0.717) is 31.6 Å². The molecule has 6 nitrogen and oxygen atoms in total. The standard InChI is InChI=1S/C19H29N3O3S/c1-26(24,25)19(9-11-20-12-10-19)18(23)21-17-6-4-16(5-7-17)8-15-22-13-2-3-14-22/h4-7,20H,2-3,8-15H2,1H3,(H,21,23). The van der Waals surface area contributed by atoms with Gasteiger partial charge in [0.15, 0.2) is 14.6 Å². The van der Waals surface area contributed by atoms with Crippen LogP contribution in [0, 0.1) is 0 Å². The molecule has 0 saturated carbocycles. The van der Waals surface area contributed by atoms with Gasteiger partial charge in [-0.2, -0.15) is 0 Å². The number of benzene rings is 1. The van der Waals surface area contributed by atoms with Gasteiger partial charge in [-0.1, -0.05) is 12.1 Å². The van der Waals surface area contributed by atoms with Gasteiger partial charge in [0.05, 0.1) is 0 Å². The van der Waals surface area contributed by atoms with E-state index in [4.69, 9.17) is 0 Å². The lowest BCUT2D eigenvalue weighted by Crippen LogP contribution is -2.55. The molecular formula is C19H29N3O3S. The molecule has 0 radical (unpaired) electrons. The zero-order chi connectivity index (χ0) is 18.6. The van der Waals surface area contributed by atoms with Crippen molar-refractivity contribution in [2.75, 3.05) is 44.3 Å². The van der Waals surface area contributed by atoms with Gasteiger partial charge in [0.1, 0.15) is 0 Å². The first kappa shape index (κ1) is 19.3. The lowest BCUT2D eigenvalue weighted by atomic mass is 9.95. The van der Waals surface area contributed by atoms with Gasteiger partial charge in [-0.15, -0.1) is 0 Å². The van der Waals surface area contributed by atoms with Crippen LogP contribution < -0.4 is 10.6 Å². The predicted octanol–water partition coefficient (Wildman–Crippen LogP) is 1.43. The fourth-order valence-electron chi connectivity index (χ4n) is 3.89. The van der Waals surface area contributed by atoms with E-state index in [1.54, 1.807) is 0 Å². The van der Waals surface area contributed by atoms with Crippen LogP contribution in [0.5, 0.6) is 0 Å². The van der Waals surface area contributed by atoms with E-state index in [1.807, 2.05) is 24.3 Å². The molecule has 1 aromatic carbocycles. The van der Waals surface area contributed by atoms with Gasteiger partial charge in [0.2, 0.25) is 5.91 Å². The van der Waals surface area contributed by atoms with Gasteiger partial charge in [-0.05, 0) is 76.0 Å². The van der Waals surface area contributed by atoms with Crippen molar-refractivity contribution in [3.8, 4) is 0 Å².